The first kappa shape index (κ1) is 14.0. The maximum absolute atomic E-state index is 13.7. The smallest absolute Gasteiger partial charge is 0.310 e. The number of carbonyl (C=O) groups excluding carboxylic acids is 1. The number of amides is 1. The molecule has 0 aromatic heterocycles. The van der Waals surface area contributed by atoms with Crippen LogP contribution in [-0.2, 0) is 14.3 Å². The summed E-state index contributed by atoms with van der Waals surface area (Å²) in [4.78, 5) is 23.7. The Bertz CT molecular complexity index is 603. The van der Waals surface area contributed by atoms with Gasteiger partial charge in [-0.25, -0.2) is 4.39 Å². The van der Waals surface area contributed by atoms with Crippen molar-refractivity contribution in [1.82, 2.24) is 0 Å². The zero-order valence-electron chi connectivity index (χ0n) is 11.5. The van der Waals surface area contributed by atoms with Crippen molar-refractivity contribution in [3.8, 4) is 0 Å². The molecule has 0 radical (unpaired) electrons. The first-order valence-electron chi connectivity index (χ1n) is 6.92. The molecule has 2 N–H and O–H groups in total. The fourth-order valence-corrected chi connectivity index (χ4v) is 3.28. The molecule has 2 saturated heterocycles. The number of hydrogen-bond donors (Lipinski definition) is 2. The number of hydrogen-bond acceptors (Lipinski definition) is 3. The average Bonchev–Trinajstić information content (AvgIpc) is 3.03. The number of nitrogens with one attached hydrogen (secondary N) is 1. The van der Waals surface area contributed by atoms with Gasteiger partial charge in [0.15, 0.2) is 0 Å². The molecule has 3 rings (SSSR count). The summed E-state index contributed by atoms with van der Waals surface area (Å²) in [5, 5.41) is 11.8. The highest BCUT2D eigenvalue weighted by Gasteiger charge is 2.55. The molecule has 6 heteroatoms. The third-order valence-electron chi connectivity index (χ3n) is 4.24. The third kappa shape index (κ3) is 2.40. The highest BCUT2D eigenvalue weighted by molar-refractivity contribution is 5.96. The zero-order valence-corrected chi connectivity index (χ0v) is 11.5. The quantitative estimate of drug-likeness (QED) is 0.893. The molecule has 4 atom stereocenters. The predicted octanol–water partition coefficient (Wildman–Crippen LogP) is 1.95. The largest absolute Gasteiger partial charge is 0.481 e. The van der Waals surface area contributed by atoms with Crippen LogP contribution in [0.5, 0.6) is 0 Å². The molecule has 2 bridgehead atoms. The molecule has 1 aromatic rings. The normalized spacial score (nSPS) is 30.4. The van der Waals surface area contributed by atoms with E-state index in [1.807, 2.05) is 0 Å². The lowest BCUT2D eigenvalue weighted by molar-refractivity contribution is -0.147. The zero-order chi connectivity index (χ0) is 15.1. The lowest BCUT2D eigenvalue weighted by atomic mass is 9.78. The summed E-state index contributed by atoms with van der Waals surface area (Å²) in [6, 6.07) is 4.40. The van der Waals surface area contributed by atoms with Crippen LogP contribution < -0.4 is 5.32 Å². The van der Waals surface area contributed by atoms with E-state index < -0.39 is 35.6 Å². The monoisotopic (exact) mass is 293 g/mol. The van der Waals surface area contributed by atoms with Crippen LogP contribution in [0.4, 0.5) is 10.1 Å². The van der Waals surface area contributed by atoms with Gasteiger partial charge >= 0.3 is 5.97 Å². The number of aryl methyl sites for hydroxylation is 1. The number of aliphatic carboxylic acids is 1. The molecule has 21 heavy (non-hydrogen) atoms. The molecule has 2 heterocycles. The van der Waals surface area contributed by atoms with Crippen LogP contribution in [0, 0.1) is 24.6 Å². The van der Waals surface area contributed by atoms with Crippen molar-refractivity contribution in [3.63, 3.8) is 0 Å². The SMILES string of the molecule is Cc1ccc(F)c(NC(=O)[C@H]2[C@@H](C(=O)O)[C@H]3CC[C@H]2O3)c1. The van der Waals surface area contributed by atoms with E-state index in [-0.39, 0.29) is 11.8 Å². The molecule has 2 aliphatic rings. The Morgan fingerprint density at radius 3 is 2.62 bits per heavy atom. The number of ether oxygens (including phenoxy) is 1. The van der Waals surface area contributed by atoms with Gasteiger partial charge in [-0.05, 0) is 37.5 Å². The van der Waals surface area contributed by atoms with Crippen molar-refractivity contribution in [3.05, 3.63) is 29.6 Å². The van der Waals surface area contributed by atoms with Gasteiger partial charge in [-0.2, -0.15) is 0 Å². The van der Waals surface area contributed by atoms with E-state index in [9.17, 15) is 19.1 Å². The third-order valence-corrected chi connectivity index (χ3v) is 4.24. The van der Waals surface area contributed by atoms with Crippen molar-refractivity contribution >= 4 is 17.6 Å². The van der Waals surface area contributed by atoms with E-state index >= 15 is 0 Å². The van der Waals surface area contributed by atoms with Gasteiger partial charge in [0.05, 0.1) is 29.7 Å². The number of anilines is 1. The van der Waals surface area contributed by atoms with Gasteiger partial charge in [0.25, 0.3) is 0 Å². The van der Waals surface area contributed by atoms with Crippen molar-refractivity contribution < 1.29 is 23.8 Å². The Labute approximate surface area is 121 Å². The van der Waals surface area contributed by atoms with Crippen LogP contribution in [-0.4, -0.2) is 29.2 Å². The van der Waals surface area contributed by atoms with Crippen molar-refractivity contribution in [2.24, 2.45) is 11.8 Å². The summed E-state index contributed by atoms with van der Waals surface area (Å²) in [6.07, 6.45) is 0.530. The van der Waals surface area contributed by atoms with Crippen molar-refractivity contribution in [2.75, 3.05) is 5.32 Å². The van der Waals surface area contributed by atoms with Crippen LogP contribution in [0.2, 0.25) is 0 Å². The van der Waals surface area contributed by atoms with E-state index in [2.05, 4.69) is 5.32 Å². The molecule has 0 unspecified atom stereocenters. The highest BCUT2D eigenvalue weighted by atomic mass is 19.1. The molecular weight excluding hydrogens is 277 g/mol. The Kier molecular flexibility index (Phi) is 3.41. The Morgan fingerprint density at radius 2 is 1.95 bits per heavy atom. The number of carboxylic acid groups (broad SMARTS) is 1. The van der Waals surface area contributed by atoms with Crippen LogP contribution in [0.1, 0.15) is 18.4 Å². The summed E-state index contributed by atoms with van der Waals surface area (Å²) in [5.41, 5.74) is 0.887. The number of carbonyl (C=O) groups is 2. The Balaban J connectivity index is 1.81. The average molecular weight is 293 g/mol. The first-order valence-corrected chi connectivity index (χ1v) is 6.92. The topological polar surface area (TPSA) is 75.6 Å². The van der Waals surface area contributed by atoms with E-state index in [4.69, 9.17) is 4.74 Å². The lowest BCUT2D eigenvalue weighted by Gasteiger charge is -2.24. The maximum atomic E-state index is 13.7. The van der Waals surface area contributed by atoms with E-state index in [0.29, 0.717) is 12.8 Å². The Hall–Kier alpha value is -1.95. The minimum absolute atomic E-state index is 0.0758. The van der Waals surface area contributed by atoms with Gasteiger partial charge in [0, 0.05) is 0 Å². The van der Waals surface area contributed by atoms with E-state index in [1.165, 1.54) is 12.1 Å². The van der Waals surface area contributed by atoms with Crippen LogP contribution in [0.25, 0.3) is 0 Å². The van der Waals surface area contributed by atoms with Gasteiger partial charge in [-0.3, -0.25) is 9.59 Å². The van der Waals surface area contributed by atoms with Crippen LogP contribution >= 0.6 is 0 Å². The highest BCUT2D eigenvalue weighted by Crippen LogP contribution is 2.44. The van der Waals surface area contributed by atoms with Crippen LogP contribution in [0.15, 0.2) is 18.2 Å². The number of benzene rings is 1. The van der Waals surface area contributed by atoms with Gasteiger partial charge in [0.1, 0.15) is 5.82 Å². The summed E-state index contributed by atoms with van der Waals surface area (Å²) >= 11 is 0. The van der Waals surface area contributed by atoms with Crippen LogP contribution in [0.3, 0.4) is 0 Å². The van der Waals surface area contributed by atoms with Crippen molar-refractivity contribution in [2.45, 2.75) is 32.0 Å². The number of carboxylic acids is 1. The number of halogens is 1. The lowest BCUT2D eigenvalue weighted by Crippen LogP contribution is -2.41. The Morgan fingerprint density at radius 1 is 1.29 bits per heavy atom. The van der Waals surface area contributed by atoms with Gasteiger partial charge < -0.3 is 15.2 Å². The number of fused-ring (bicyclic) bond motifs is 2. The van der Waals surface area contributed by atoms with Crippen molar-refractivity contribution in [1.29, 1.82) is 0 Å². The first-order chi connectivity index (χ1) is 9.97. The molecular formula is C15H16FNO4. The second-order valence-corrected chi connectivity index (χ2v) is 5.65. The molecule has 1 aromatic carbocycles. The predicted molar refractivity (Wildman–Crippen MR) is 72.3 cm³/mol. The molecule has 0 saturated carbocycles. The molecule has 0 aliphatic carbocycles. The fourth-order valence-electron chi connectivity index (χ4n) is 3.28. The molecule has 2 aliphatic heterocycles. The summed E-state index contributed by atoms with van der Waals surface area (Å²) < 4.78 is 19.2. The molecule has 0 spiro atoms. The minimum atomic E-state index is -1.04. The maximum Gasteiger partial charge on any atom is 0.310 e. The molecule has 1 amide bonds. The second kappa shape index (κ2) is 5.11. The summed E-state index contributed by atoms with van der Waals surface area (Å²) in [7, 11) is 0. The molecule has 5 nitrogen and oxygen atoms in total. The second-order valence-electron chi connectivity index (χ2n) is 5.65. The van der Waals surface area contributed by atoms with Gasteiger partial charge in [0.2, 0.25) is 5.91 Å². The van der Waals surface area contributed by atoms with Gasteiger partial charge in [-0.1, -0.05) is 6.07 Å². The van der Waals surface area contributed by atoms with E-state index in [0.717, 1.165) is 5.56 Å². The minimum Gasteiger partial charge on any atom is -0.481 e. The fraction of sp³-hybridized carbons (Fsp3) is 0.467. The molecule has 2 fully saturated rings. The molecule has 112 valence electrons. The standard InChI is InChI=1S/C15H16FNO4/c1-7-2-3-8(16)9(6-7)17-14(18)12-10-4-5-11(21-10)13(12)15(19)20/h2-3,6,10-13H,4-5H2,1H3,(H,17,18)(H,19,20)/t10-,11-,12-,13+/m1/s1. The summed E-state index contributed by atoms with van der Waals surface area (Å²) in [6.45, 7) is 1.79. The van der Waals surface area contributed by atoms with E-state index in [1.54, 1.807) is 13.0 Å². The van der Waals surface area contributed by atoms with Gasteiger partial charge in [-0.15, -0.1) is 0 Å². The summed E-state index contributed by atoms with van der Waals surface area (Å²) in [5.74, 6) is -3.67. The number of rotatable bonds is 3.